The highest BCUT2D eigenvalue weighted by Crippen LogP contribution is 2.24. The number of aryl methyl sites for hydroxylation is 3. The molecule has 0 aliphatic heterocycles. The van der Waals surface area contributed by atoms with Crippen molar-refractivity contribution < 1.29 is 9.59 Å². The van der Waals surface area contributed by atoms with Crippen LogP contribution in [-0.4, -0.2) is 24.4 Å². The van der Waals surface area contributed by atoms with Crippen LogP contribution in [-0.2, 0) is 4.79 Å². The van der Waals surface area contributed by atoms with E-state index in [1.807, 2.05) is 32.9 Å². The Morgan fingerprint density at radius 2 is 1.67 bits per heavy atom. The molecule has 3 N–H and O–H groups in total. The predicted octanol–water partition coefficient (Wildman–Crippen LogP) is 5.38. The summed E-state index contributed by atoms with van der Waals surface area (Å²) in [6, 6.07) is 9.47. The fourth-order valence-corrected chi connectivity index (χ4v) is 4.27. The van der Waals surface area contributed by atoms with Gasteiger partial charge in [-0.1, -0.05) is 48.6 Å². The van der Waals surface area contributed by atoms with Crippen LogP contribution in [0.3, 0.4) is 0 Å². The van der Waals surface area contributed by atoms with Gasteiger partial charge in [-0.3, -0.25) is 9.59 Å². The Balaban J connectivity index is 1.61. The first kappa shape index (κ1) is 22.2. The smallest absolute Gasteiger partial charge is 0.253 e. The van der Waals surface area contributed by atoms with Crippen molar-refractivity contribution in [3.05, 3.63) is 57.6 Å². The van der Waals surface area contributed by atoms with E-state index in [1.165, 1.54) is 12.0 Å². The predicted molar refractivity (Wildman–Crippen MR) is 124 cm³/mol. The number of benzene rings is 2. The van der Waals surface area contributed by atoms with E-state index in [4.69, 9.17) is 11.6 Å². The van der Waals surface area contributed by atoms with Crippen molar-refractivity contribution in [2.24, 2.45) is 0 Å². The molecule has 1 saturated carbocycles. The second kappa shape index (κ2) is 9.98. The van der Waals surface area contributed by atoms with Gasteiger partial charge >= 0.3 is 0 Å². The second-order valence-electron chi connectivity index (χ2n) is 8.18. The van der Waals surface area contributed by atoms with Crippen molar-refractivity contribution in [1.29, 1.82) is 0 Å². The molecule has 3 rings (SSSR count). The molecule has 0 atom stereocenters. The molecule has 1 aliphatic rings. The van der Waals surface area contributed by atoms with E-state index in [-0.39, 0.29) is 24.4 Å². The summed E-state index contributed by atoms with van der Waals surface area (Å²) in [6.45, 7) is 6.10. The van der Waals surface area contributed by atoms with Gasteiger partial charge in [0.25, 0.3) is 5.91 Å². The molecule has 5 nitrogen and oxygen atoms in total. The van der Waals surface area contributed by atoms with E-state index < -0.39 is 0 Å². The van der Waals surface area contributed by atoms with E-state index >= 15 is 0 Å². The minimum atomic E-state index is -0.161. The number of hydrogen-bond acceptors (Lipinski definition) is 3. The first-order chi connectivity index (χ1) is 14.3. The maximum atomic E-state index is 12.7. The average Bonchev–Trinajstić information content (AvgIpc) is 2.70. The number of anilines is 2. The van der Waals surface area contributed by atoms with Gasteiger partial charge in [-0.25, -0.2) is 0 Å². The Morgan fingerprint density at radius 1 is 1.00 bits per heavy atom. The van der Waals surface area contributed by atoms with Crippen molar-refractivity contribution in [3.8, 4) is 0 Å². The number of hydrogen-bond donors (Lipinski definition) is 3. The molecule has 0 saturated heterocycles. The molecule has 160 valence electrons. The van der Waals surface area contributed by atoms with E-state index in [9.17, 15) is 9.59 Å². The SMILES string of the molecule is Cc1cc(C)c(NC(=O)CNc2ccc(Cl)c(C(=O)NC3CCCCC3)c2)c(C)c1. The Bertz CT molecular complexity index is 913. The van der Waals surface area contributed by atoms with Crippen LogP contribution in [0.5, 0.6) is 0 Å². The minimum Gasteiger partial charge on any atom is -0.376 e. The van der Waals surface area contributed by atoms with Gasteiger partial charge in [0.15, 0.2) is 0 Å². The third-order valence-corrected chi connectivity index (χ3v) is 5.88. The molecule has 2 aromatic rings. The van der Waals surface area contributed by atoms with Crippen molar-refractivity contribution >= 4 is 34.8 Å². The summed E-state index contributed by atoms with van der Waals surface area (Å²) in [5.41, 5.74) is 5.19. The van der Waals surface area contributed by atoms with Gasteiger partial charge in [0.05, 0.1) is 17.1 Å². The van der Waals surface area contributed by atoms with Crippen molar-refractivity contribution in [3.63, 3.8) is 0 Å². The highest BCUT2D eigenvalue weighted by atomic mass is 35.5. The summed E-state index contributed by atoms with van der Waals surface area (Å²) in [5.74, 6) is -0.306. The van der Waals surface area contributed by atoms with Gasteiger partial charge < -0.3 is 16.0 Å². The number of halogens is 1. The zero-order chi connectivity index (χ0) is 21.7. The van der Waals surface area contributed by atoms with Gasteiger partial charge in [-0.15, -0.1) is 0 Å². The number of rotatable bonds is 6. The largest absolute Gasteiger partial charge is 0.376 e. The Kier molecular flexibility index (Phi) is 7.38. The number of amides is 2. The normalized spacial score (nSPS) is 14.3. The maximum absolute atomic E-state index is 12.7. The van der Waals surface area contributed by atoms with Crippen LogP contribution in [0.2, 0.25) is 5.02 Å². The molecule has 0 bridgehead atoms. The zero-order valence-electron chi connectivity index (χ0n) is 17.9. The highest BCUT2D eigenvalue weighted by Gasteiger charge is 2.19. The minimum absolute atomic E-state index is 0.0953. The molecule has 0 aromatic heterocycles. The van der Waals surface area contributed by atoms with Crippen molar-refractivity contribution in [1.82, 2.24) is 5.32 Å². The third-order valence-electron chi connectivity index (χ3n) is 5.55. The molecular weight excluding hydrogens is 398 g/mol. The van der Waals surface area contributed by atoms with Gasteiger partial charge in [-0.2, -0.15) is 0 Å². The molecule has 2 aromatic carbocycles. The van der Waals surface area contributed by atoms with Crippen molar-refractivity contribution in [2.45, 2.75) is 58.9 Å². The lowest BCUT2D eigenvalue weighted by Gasteiger charge is -2.23. The number of carbonyl (C=O) groups is 2. The zero-order valence-corrected chi connectivity index (χ0v) is 18.7. The molecule has 6 heteroatoms. The van der Waals surface area contributed by atoms with Crippen molar-refractivity contribution in [2.75, 3.05) is 17.2 Å². The second-order valence-corrected chi connectivity index (χ2v) is 8.59. The van der Waals surface area contributed by atoms with E-state index in [0.717, 1.165) is 42.5 Å². The standard InChI is InChI=1S/C24H30ClN3O2/c1-15-11-16(2)23(17(3)12-15)28-22(29)14-26-19-9-10-21(25)20(13-19)24(30)27-18-7-5-4-6-8-18/h9-13,18,26H,4-8,14H2,1-3H3,(H,27,30)(H,28,29). The number of nitrogens with one attached hydrogen (secondary N) is 3. The first-order valence-corrected chi connectivity index (χ1v) is 10.9. The van der Waals surface area contributed by atoms with Gasteiger partial charge in [0, 0.05) is 17.4 Å². The average molecular weight is 428 g/mol. The van der Waals surface area contributed by atoms with Crippen LogP contribution in [0, 0.1) is 20.8 Å². The maximum Gasteiger partial charge on any atom is 0.253 e. The van der Waals surface area contributed by atoms with E-state index in [0.29, 0.717) is 16.3 Å². The lowest BCUT2D eigenvalue weighted by atomic mass is 9.95. The summed E-state index contributed by atoms with van der Waals surface area (Å²) in [6.07, 6.45) is 5.56. The Hall–Kier alpha value is -2.53. The molecule has 0 unspecified atom stereocenters. The monoisotopic (exact) mass is 427 g/mol. The van der Waals surface area contributed by atoms with Gasteiger partial charge in [-0.05, 0) is 62.9 Å². The van der Waals surface area contributed by atoms with Crippen LogP contribution in [0.25, 0.3) is 0 Å². The van der Waals surface area contributed by atoms with Crippen LogP contribution >= 0.6 is 11.6 Å². The van der Waals surface area contributed by atoms with E-state index in [1.54, 1.807) is 18.2 Å². The molecule has 30 heavy (non-hydrogen) atoms. The number of carbonyl (C=O) groups excluding carboxylic acids is 2. The topological polar surface area (TPSA) is 70.2 Å². The third kappa shape index (κ3) is 5.76. The van der Waals surface area contributed by atoms with Crippen LogP contribution < -0.4 is 16.0 Å². The molecule has 1 fully saturated rings. The molecular formula is C24H30ClN3O2. The van der Waals surface area contributed by atoms with Crippen LogP contribution in [0.4, 0.5) is 11.4 Å². The summed E-state index contributed by atoms with van der Waals surface area (Å²) in [5, 5.41) is 9.56. The Morgan fingerprint density at radius 3 is 2.33 bits per heavy atom. The van der Waals surface area contributed by atoms with Crippen LogP contribution in [0.1, 0.15) is 59.2 Å². The summed E-state index contributed by atoms with van der Waals surface area (Å²) < 4.78 is 0. The summed E-state index contributed by atoms with van der Waals surface area (Å²) in [4.78, 5) is 25.1. The quantitative estimate of drug-likeness (QED) is 0.579. The molecule has 2 amide bonds. The molecule has 0 heterocycles. The molecule has 0 radical (unpaired) electrons. The lowest BCUT2D eigenvalue weighted by molar-refractivity contribution is -0.114. The first-order valence-electron chi connectivity index (χ1n) is 10.6. The lowest BCUT2D eigenvalue weighted by Crippen LogP contribution is -2.36. The van der Waals surface area contributed by atoms with E-state index in [2.05, 4.69) is 16.0 Å². The molecule has 1 aliphatic carbocycles. The fourth-order valence-electron chi connectivity index (χ4n) is 4.06. The summed E-state index contributed by atoms with van der Waals surface area (Å²) in [7, 11) is 0. The van der Waals surface area contributed by atoms with Crippen LogP contribution in [0.15, 0.2) is 30.3 Å². The van der Waals surface area contributed by atoms with Gasteiger partial charge in [0.1, 0.15) is 0 Å². The fraction of sp³-hybridized carbons (Fsp3) is 0.417. The molecule has 0 spiro atoms. The highest BCUT2D eigenvalue weighted by molar-refractivity contribution is 6.34. The van der Waals surface area contributed by atoms with Gasteiger partial charge in [0.2, 0.25) is 5.91 Å². The summed E-state index contributed by atoms with van der Waals surface area (Å²) >= 11 is 6.26. The Labute approximate surface area is 183 Å².